The quantitative estimate of drug-likeness (QED) is 0.161. The van der Waals surface area contributed by atoms with Crippen LogP contribution in [0.4, 0.5) is 0 Å². The summed E-state index contributed by atoms with van der Waals surface area (Å²) in [5, 5.41) is 9.23. The van der Waals surface area contributed by atoms with Crippen molar-refractivity contribution >= 4 is 18.1 Å². The predicted octanol–water partition coefficient (Wildman–Crippen LogP) is 7.56. The van der Waals surface area contributed by atoms with Crippen molar-refractivity contribution in [3.63, 3.8) is 0 Å². The van der Waals surface area contributed by atoms with Crippen molar-refractivity contribution in [3.8, 4) is 11.5 Å². The number of rotatable bonds is 9. The second-order valence-corrected chi connectivity index (χ2v) is 10.7. The van der Waals surface area contributed by atoms with Crippen molar-refractivity contribution in [2.75, 3.05) is 6.61 Å². The van der Waals surface area contributed by atoms with Crippen molar-refractivity contribution in [1.29, 1.82) is 0 Å². The van der Waals surface area contributed by atoms with Crippen molar-refractivity contribution in [1.82, 2.24) is 0 Å². The van der Waals surface area contributed by atoms with Gasteiger partial charge in [-0.15, -0.1) is 0 Å². The van der Waals surface area contributed by atoms with Gasteiger partial charge in [0, 0.05) is 12.7 Å². The summed E-state index contributed by atoms with van der Waals surface area (Å²) in [6, 6.07) is 14.9. The van der Waals surface area contributed by atoms with Gasteiger partial charge in [0.25, 0.3) is 0 Å². The van der Waals surface area contributed by atoms with Crippen LogP contribution in [0.15, 0.2) is 73.3 Å². The number of carbonyl (C=O) groups excluding carboxylic acids is 1. The summed E-state index contributed by atoms with van der Waals surface area (Å²) in [4.78, 5) is 11.4. The van der Waals surface area contributed by atoms with Crippen LogP contribution in [0.3, 0.4) is 0 Å². The first-order valence-corrected chi connectivity index (χ1v) is 13.7. The second kappa shape index (κ2) is 13.0. The fourth-order valence-corrected chi connectivity index (χ4v) is 6.45. The number of esters is 1. The molecule has 4 bridgehead atoms. The highest BCUT2D eigenvalue weighted by atomic mass is 16.7. The van der Waals surface area contributed by atoms with E-state index in [4.69, 9.17) is 14.2 Å². The van der Waals surface area contributed by atoms with Gasteiger partial charge in [-0.3, -0.25) is 0 Å². The van der Waals surface area contributed by atoms with E-state index >= 15 is 0 Å². The van der Waals surface area contributed by atoms with Gasteiger partial charge < -0.3 is 19.3 Å². The molecule has 38 heavy (non-hydrogen) atoms. The number of aromatic hydroxyl groups is 1. The number of carbonyl (C=O) groups is 1. The minimum Gasteiger partial charge on any atom is -0.508 e. The van der Waals surface area contributed by atoms with E-state index in [1.807, 2.05) is 74.5 Å². The summed E-state index contributed by atoms with van der Waals surface area (Å²) in [5.74, 6) is 3.33. The van der Waals surface area contributed by atoms with Gasteiger partial charge in [0.05, 0.1) is 0 Å². The molecule has 2 aromatic rings. The lowest BCUT2D eigenvalue weighted by Gasteiger charge is -2.55. The molecule has 0 amide bonds. The lowest BCUT2D eigenvalue weighted by atomic mass is 9.54. The molecule has 2 aromatic carbocycles. The van der Waals surface area contributed by atoms with Crippen LogP contribution in [-0.2, 0) is 14.3 Å². The maximum absolute atomic E-state index is 11.4. The Kier molecular flexibility index (Phi) is 9.46. The molecule has 0 saturated heterocycles. The molecule has 6 rings (SSSR count). The van der Waals surface area contributed by atoms with Crippen LogP contribution < -0.4 is 4.74 Å². The third kappa shape index (κ3) is 7.84. The number of ether oxygens (including phenoxy) is 3. The zero-order valence-electron chi connectivity index (χ0n) is 22.6. The van der Waals surface area contributed by atoms with Crippen LogP contribution in [-0.4, -0.2) is 29.6 Å². The average molecular weight is 517 g/mol. The Morgan fingerprint density at radius 3 is 1.92 bits per heavy atom. The van der Waals surface area contributed by atoms with E-state index in [0.717, 1.165) is 53.9 Å². The molecular formula is C33H40O5. The highest BCUT2D eigenvalue weighted by molar-refractivity contribution is 5.81. The normalized spacial score (nSPS) is 26.1. The molecular weight excluding hydrogens is 476 g/mol. The summed E-state index contributed by atoms with van der Waals surface area (Å²) < 4.78 is 16.6. The van der Waals surface area contributed by atoms with Gasteiger partial charge in [-0.1, -0.05) is 55.1 Å². The maximum Gasteiger partial charge on any atom is 0.330 e. The number of phenols is 1. The Labute approximate surface area is 226 Å². The van der Waals surface area contributed by atoms with Gasteiger partial charge in [0.2, 0.25) is 0 Å². The van der Waals surface area contributed by atoms with Gasteiger partial charge >= 0.3 is 5.97 Å². The van der Waals surface area contributed by atoms with E-state index in [-0.39, 0.29) is 23.6 Å². The van der Waals surface area contributed by atoms with Gasteiger partial charge in [-0.05, 0) is 106 Å². The summed E-state index contributed by atoms with van der Waals surface area (Å²) in [7, 11) is 0. The van der Waals surface area contributed by atoms with Gasteiger partial charge in [0.1, 0.15) is 17.1 Å². The first kappa shape index (κ1) is 27.7. The molecule has 4 saturated carbocycles. The van der Waals surface area contributed by atoms with Crippen LogP contribution in [0, 0.1) is 17.8 Å². The topological polar surface area (TPSA) is 65.0 Å². The Morgan fingerprint density at radius 1 is 0.947 bits per heavy atom. The van der Waals surface area contributed by atoms with Gasteiger partial charge in [0.15, 0.2) is 6.29 Å². The standard InChI is InChI=1S/C20H22O3.C13H18O2/c1-3-22-16(2)23-20-14-10-18(11-15-20)7-5-4-6-17-8-12-19(21)13-9-17;1-2-12(14)15-13-6-9-3-10(7-13)5-11(4-9)8-13/h4-16,21H,3H2,1-2H3;2,9-11H,1,3-8H2. The molecule has 4 fully saturated rings. The van der Waals surface area contributed by atoms with Crippen LogP contribution >= 0.6 is 0 Å². The summed E-state index contributed by atoms with van der Waals surface area (Å²) >= 11 is 0. The van der Waals surface area contributed by atoms with Gasteiger partial charge in [-0.2, -0.15) is 0 Å². The molecule has 1 atom stereocenters. The Balaban J connectivity index is 0.000000192. The van der Waals surface area contributed by atoms with Crippen LogP contribution in [0.5, 0.6) is 11.5 Å². The molecule has 1 unspecified atom stereocenters. The maximum atomic E-state index is 11.4. The van der Waals surface area contributed by atoms with E-state index < -0.39 is 0 Å². The zero-order chi connectivity index (χ0) is 27.0. The molecule has 4 aliphatic rings. The van der Waals surface area contributed by atoms with Crippen molar-refractivity contribution < 1.29 is 24.1 Å². The van der Waals surface area contributed by atoms with E-state index in [1.54, 1.807) is 12.1 Å². The molecule has 4 aliphatic carbocycles. The highest BCUT2D eigenvalue weighted by Crippen LogP contribution is 2.57. The fraction of sp³-hybridized carbons (Fsp3) is 0.424. The number of hydrogen-bond donors (Lipinski definition) is 1. The largest absolute Gasteiger partial charge is 0.508 e. The fourth-order valence-electron chi connectivity index (χ4n) is 6.45. The van der Waals surface area contributed by atoms with Gasteiger partial charge in [-0.25, -0.2) is 4.79 Å². The van der Waals surface area contributed by atoms with E-state index in [1.165, 1.54) is 25.3 Å². The molecule has 5 heteroatoms. The lowest BCUT2D eigenvalue weighted by Crippen LogP contribution is -2.52. The smallest absolute Gasteiger partial charge is 0.330 e. The molecule has 0 aromatic heterocycles. The highest BCUT2D eigenvalue weighted by Gasteiger charge is 2.52. The first-order chi connectivity index (χ1) is 18.4. The van der Waals surface area contributed by atoms with Crippen molar-refractivity contribution in [2.24, 2.45) is 17.8 Å². The second-order valence-electron chi connectivity index (χ2n) is 10.7. The molecule has 0 aliphatic heterocycles. The minimum atomic E-state index is -0.241. The predicted molar refractivity (Wildman–Crippen MR) is 152 cm³/mol. The third-order valence-corrected chi connectivity index (χ3v) is 7.63. The zero-order valence-corrected chi connectivity index (χ0v) is 22.6. The average Bonchev–Trinajstić information content (AvgIpc) is 2.88. The van der Waals surface area contributed by atoms with Crippen molar-refractivity contribution in [2.45, 2.75) is 64.3 Å². The Morgan fingerprint density at radius 2 is 1.45 bits per heavy atom. The molecule has 1 N–H and O–H groups in total. The summed E-state index contributed by atoms with van der Waals surface area (Å²) in [5.41, 5.74) is 2.04. The molecule has 0 radical (unpaired) electrons. The molecule has 0 heterocycles. The van der Waals surface area contributed by atoms with Crippen LogP contribution in [0.25, 0.3) is 12.2 Å². The molecule has 5 nitrogen and oxygen atoms in total. The molecule has 0 spiro atoms. The SMILES string of the molecule is C=CC(=O)OC12CC3CC(CC(C3)C1)C2.CCOC(C)Oc1ccc(C=CC=Cc2ccc(O)cc2)cc1. The van der Waals surface area contributed by atoms with E-state index in [9.17, 15) is 9.90 Å². The Hall–Kier alpha value is -3.31. The number of hydrogen-bond acceptors (Lipinski definition) is 5. The van der Waals surface area contributed by atoms with E-state index in [2.05, 4.69) is 6.58 Å². The third-order valence-electron chi connectivity index (χ3n) is 7.63. The Bertz CT molecular complexity index is 1080. The first-order valence-electron chi connectivity index (χ1n) is 13.7. The number of benzene rings is 2. The van der Waals surface area contributed by atoms with Crippen LogP contribution in [0.2, 0.25) is 0 Å². The minimum absolute atomic E-state index is 0.0972. The lowest BCUT2D eigenvalue weighted by molar-refractivity contribution is -0.181. The van der Waals surface area contributed by atoms with Crippen LogP contribution in [0.1, 0.15) is 63.5 Å². The number of phenolic OH excluding ortho intramolecular Hbond substituents is 1. The molecule has 202 valence electrons. The summed E-state index contributed by atoms with van der Waals surface area (Å²) in [6.07, 6.45) is 16.5. The monoisotopic (exact) mass is 516 g/mol. The van der Waals surface area contributed by atoms with Crippen molar-refractivity contribution in [3.05, 3.63) is 84.5 Å². The van der Waals surface area contributed by atoms with E-state index in [0.29, 0.717) is 6.61 Å². The summed E-state index contributed by atoms with van der Waals surface area (Å²) in [6.45, 7) is 7.94. The number of allylic oxidation sites excluding steroid dienone is 2.